The van der Waals surface area contributed by atoms with Gasteiger partial charge < -0.3 is 4.57 Å². The molecule has 0 amide bonds. The molecule has 0 atom stereocenters. The van der Waals surface area contributed by atoms with Gasteiger partial charge in [-0.3, -0.25) is 0 Å². The molecule has 0 fully saturated rings. The van der Waals surface area contributed by atoms with Gasteiger partial charge in [-0.05, 0) is 67.1 Å². The first-order valence-electron chi connectivity index (χ1n) is 6.30. The topological polar surface area (TPSA) is 4.93 Å². The van der Waals surface area contributed by atoms with Gasteiger partial charge in [0.1, 0.15) is 0 Å². The van der Waals surface area contributed by atoms with Gasteiger partial charge in [0, 0.05) is 11.9 Å². The van der Waals surface area contributed by atoms with Crippen molar-refractivity contribution in [2.24, 2.45) is 0 Å². The fourth-order valence-electron chi connectivity index (χ4n) is 2.55. The third-order valence-electron chi connectivity index (χ3n) is 3.33. The second-order valence-electron chi connectivity index (χ2n) is 5.09. The third kappa shape index (κ3) is 1.82. The van der Waals surface area contributed by atoms with Crippen LogP contribution in [0.15, 0.2) is 48.7 Å². The lowest BCUT2D eigenvalue weighted by Crippen LogP contribution is -1.93. The number of aromatic nitrogens is 1. The van der Waals surface area contributed by atoms with Gasteiger partial charge in [0.25, 0.3) is 0 Å². The van der Waals surface area contributed by atoms with Crippen molar-refractivity contribution in [3.63, 3.8) is 0 Å². The Morgan fingerprint density at radius 1 is 0.722 bits per heavy atom. The molecule has 90 valence electrons. The van der Waals surface area contributed by atoms with E-state index >= 15 is 0 Å². The minimum absolute atomic E-state index is 1.24. The van der Waals surface area contributed by atoms with Crippen LogP contribution in [-0.4, -0.2) is 4.57 Å². The second kappa shape index (κ2) is 4.02. The summed E-state index contributed by atoms with van der Waals surface area (Å²) in [5.41, 5.74) is 6.43. The van der Waals surface area contributed by atoms with Crippen molar-refractivity contribution in [2.45, 2.75) is 20.8 Å². The maximum Gasteiger partial charge on any atom is 0.0531 e. The lowest BCUT2D eigenvalue weighted by atomic mass is 10.1. The van der Waals surface area contributed by atoms with E-state index in [4.69, 9.17) is 0 Å². The molecule has 0 bridgehead atoms. The maximum absolute atomic E-state index is 2.27. The zero-order valence-corrected chi connectivity index (χ0v) is 11.1. The van der Waals surface area contributed by atoms with E-state index in [2.05, 4.69) is 74.0 Å². The van der Waals surface area contributed by atoms with E-state index in [9.17, 15) is 0 Å². The molecule has 1 heteroatoms. The van der Waals surface area contributed by atoms with E-state index in [1.54, 1.807) is 0 Å². The van der Waals surface area contributed by atoms with Gasteiger partial charge in [-0.1, -0.05) is 18.2 Å². The van der Waals surface area contributed by atoms with Crippen LogP contribution in [0.4, 0.5) is 0 Å². The Kier molecular flexibility index (Phi) is 2.48. The van der Waals surface area contributed by atoms with Crippen LogP contribution >= 0.6 is 0 Å². The highest BCUT2D eigenvalue weighted by atomic mass is 15.0. The van der Waals surface area contributed by atoms with E-state index in [-0.39, 0.29) is 0 Å². The third-order valence-corrected chi connectivity index (χ3v) is 3.33. The van der Waals surface area contributed by atoms with Crippen molar-refractivity contribution in [3.8, 4) is 5.69 Å². The Balaban J connectivity index is 2.27. The van der Waals surface area contributed by atoms with E-state index in [0.717, 1.165) is 0 Å². The molecule has 0 radical (unpaired) electrons. The normalized spacial score (nSPS) is 11.1. The summed E-state index contributed by atoms with van der Waals surface area (Å²) in [6, 6.07) is 15.4. The van der Waals surface area contributed by atoms with Crippen molar-refractivity contribution in [1.29, 1.82) is 0 Å². The molecule has 1 aromatic heterocycles. The summed E-state index contributed by atoms with van der Waals surface area (Å²) < 4.78 is 2.27. The summed E-state index contributed by atoms with van der Waals surface area (Å²) in [5.74, 6) is 0. The van der Waals surface area contributed by atoms with Crippen molar-refractivity contribution >= 4 is 10.9 Å². The number of benzene rings is 2. The Morgan fingerprint density at radius 2 is 1.44 bits per heavy atom. The molecule has 2 aromatic carbocycles. The van der Waals surface area contributed by atoms with Crippen molar-refractivity contribution < 1.29 is 0 Å². The first kappa shape index (κ1) is 11.1. The molecule has 3 rings (SSSR count). The van der Waals surface area contributed by atoms with E-state index < -0.39 is 0 Å². The fraction of sp³-hybridized carbons (Fsp3) is 0.176. The lowest BCUT2D eigenvalue weighted by Gasteiger charge is -2.08. The summed E-state index contributed by atoms with van der Waals surface area (Å²) in [5, 5.41) is 1.29. The van der Waals surface area contributed by atoms with Gasteiger partial charge in [0.05, 0.1) is 5.52 Å². The maximum atomic E-state index is 2.27. The van der Waals surface area contributed by atoms with Gasteiger partial charge >= 0.3 is 0 Å². The molecule has 0 aliphatic heterocycles. The Hall–Kier alpha value is -2.02. The number of hydrogen-bond acceptors (Lipinski definition) is 0. The van der Waals surface area contributed by atoms with Crippen LogP contribution in [0.1, 0.15) is 16.7 Å². The number of fused-ring (bicyclic) bond motifs is 1. The lowest BCUT2D eigenvalue weighted by molar-refractivity contribution is 1.11. The number of aryl methyl sites for hydroxylation is 3. The monoisotopic (exact) mass is 235 g/mol. The minimum Gasteiger partial charge on any atom is -0.317 e. The summed E-state index contributed by atoms with van der Waals surface area (Å²) in [6.07, 6.45) is 2.15. The summed E-state index contributed by atoms with van der Waals surface area (Å²) in [4.78, 5) is 0. The van der Waals surface area contributed by atoms with Gasteiger partial charge in [-0.2, -0.15) is 0 Å². The minimum atomic E-state index is 1.24. The number of rotatable bonds is 1. The Labute approximate surface area is 108 Å². The predicted molar refractivity (Wildman–Crippen MR) is 77.5 cm³/mol. The van der Waals surface area contributed by atoms with E-state index in [1.165, 1.54) is 33.3 Å². The predicted octanol–water partition coefficient (Wildman–Crippen LogP) is 4.56. The molecular formula is C17H17N. The standard InChI is InChI=1S/C17H17N/c1-12-4-5-15-6-7-18(17(15)11-12)16-9-13(2)8-14(3)10-16/h4-11H,1-3H3. The van der Waals surface area contributed by atoms with Gasteiger partial charge in [0.2, 0.25) is 0 Å². The summed E-state index contributed by atoms with van der Waals surface area (Å²) in [6.45, 7) is 6.43. The Morgan fingerprint density at radius 3 is 2.17 bits per heavy atom. The first-order valence-corrected chi connectivity index (χ1v) is 6.30. The number of hydrogen-bond donors (Lipinski definition) is 0. The first-order chi connectivity index (χ1) is 8.63. The average molecular weight is 235 g/mol. The molecule has 0 aliphatic rings. The molecule has 18 heavy (non-hydrogen) atoms. The van der Waals surface area contributed by atoms with Crippen LogP contribution in [0, 0.1) is 20.8 Å². The van der Waals surface area contributed by atoms with Crippen LogP contribution in [0.25, 0.3) is 16.6 Å². The molecule has 0 spiro atoms. The van der Waals surface area contributed by atoms with Crippen molar-refractivity contribution in [3.05, 3.63) is 65.4 Å². The highest BCUT2D eigenvalue weighted by molar-refractivity contribution is 5.82. The quantitative estimate of drug-likeness (QED) is 0.583. The zero-order chi connectivity index (χ0) is 12.7. The molecule has 0 N–H and O–H groups in total. The molecule has 0 saturated carbocycles. The second-order valence-corrected chi connectivity index (χ2v) is 5.09. The molecule has 1 heterocycles. The zero-order valence-electron chi connectivity index (χ0n) is 11.1. The van der Waals surface area contributed by atoms with Crippen molar-refractivity contribution in [1.82, 2.24) is 4.57 Å². The van der Waals surface area contributed by atoms with Gasteiger partial charge in [-0.25, -0.2) is 0 Å². The molecule has 0 aliphatic carbocycles. The molecule has 0 saturated heterocycles. The fourth-order valence-corrected chi connectivity index (χ4v) is 2.55. The molecule has 1 nitrogen and oxygen atoms in total. The van der Waals surface area contributed by atoms with E-state index in [0.29, 0.717) is 0 Å². The summed E-state index contributed by atoms with van der Waals surface area (Å²) in [7, 11) is 0. The van der Waals surface area contributed by atoms with Gasteiger partial charge in [-0.15, -0.1) is 0 Å². The van der Waals surface area contributed by atoms with Gasteiger partial charge in [0.15, 0.2) is 0 Å². The van der Waals surface area contributed by atoms with Crippen LogP contribution in [0.3, 0.4) is 0 Å². The van der Waals surface area contributed by atoms with Crippen LogP contribution < -0.4 is 0 Å². The van der Waals surface area contributed by atoms with Crippen molar-refractivity contribution in [2.75, 3.05) is 0 Å². The van der Waals surface area contributed by atoms with E-state index in [1.807, 2.05) is 0 Å². The van der Waals surface area contributed by atoms with Crippen LogP contribution in [-0.2, 0) is 0 Å². The van der Waals surface area contributed by atoms with Crippen LogP contribution in [0.2, 0.25) is 0 Å². The van der Waals surface area contributed by atoms with Crippen LogP contribution in [0.5, 0.6) is 0 Å². The molecular weight excluding hydrogens is 218 g/mol. The highest BCUT2D eigenvalue weighted by Gasteiger charge is 2.04. The largest absolute Gasteiger partial charge is 0.317 e. The smallest absolute Gasteiger partial charge is 0.0531 e. The highest BCUT2D eigenvalue weighted by Crippen LogP contribution is 2.23. The SMILES string of the molecule is Cc1cc(C)cc(-n2ccc3ccc(C)cc32)c1. The summed E-state index contributed by atoms with van der Waals surface area (Å²) >= 11 is 0. The molecule has 0 unspecified atom stereocenters. The average Bonchev–Trinajstić information content (AvgIpc) is 2.70. The Bertz CT molecular complexity index is 699. The number of nitrogens with zero attached hydrogens (tertiary/aromatic N) is 1. The molecule has 3 aromatic rings.